The molecule has 0 aliphatic carbocycles. The van der Waals surface area contributed by atoms with Crippen molar-refractivity contribution in [1.29, 1.82) is 0 Å². The second-order valence-electron chi connectivity index (χ2n) is 4.94. The molecule has 0 bridgehead atoms. The number of hydrogen-bond acceptors (Lipinski definition) is 4. The first-order valence-electron chi connectivity index (χ1n) is 6.65. The van der Waals surface area contributed by atoms with Crippen LogP contribution in [0.3, 0.4) is 0 Å². The Labute approximate surface area is 120 Å². The van der Waals surface area contributed by atoms with Crippen LogP contribution in [0.25, 0.3) is 0 Å². The van der Waals surface area contributed by atoms with E-state index in [1.165, 1.54) is 5.56 Å². The minimum atomic E-state index is 0.0171. The molecular formula is C16H21N3O. The van der Waals surface area contributed by atoms with Crippen molar-refractivity contribution in [3.63, 3.8) is 0 Å². The van der Waals surface area contributed by atoms with Crippen LogP contribution in [-0.2, 0) is 6.54 Å². The number of hydrogen-bond donors (Lipinski definition) is 1. The van der Waals surface area contributed by atoms with Gasteiger partial charge in [-0.1, -0.05) is 18.2 Å². The molecule has 1 heterocycles. The molecule has 1 aromatic heterocycles. The summed E-state index contributed by atoms with van der Waals surface area (Å²) in [5.41, 5.74) is 8.09. The molecule has 2 rings (SSSR count). The number of rotatable bonds is 5. The van der Waals surface area contributed by atoms with Crippen LogP contribution in [0.1, 0.15) is 24.1 Å². The summed E-state index contributed by atoms with van der Waals surface area (Å²) in [4.78, 5) is 6.55. The van der Waals surface area contributed by atoms with Gasteiger partial charge in [0.25, 0.3) is 0 Å². The third-order valence-electron chi connectivity index (χ3n) is 3.27. The molecule has 0 radical (unpaired) electrons. The average molecular weight is 271 g/mol. The maximum Gasteiger partial charge on any atom is 0.128 e. The van der Waals surface area contributed by atoms with Crippen LogP contribution in [0.4, 0.5) is 5.82 Å². The highest BCUT2D eigenvalue weighted by Crippen LogP contribution is 2.17. The normalized spacial score (nSPS) is 12.0. The molecule has 4 heteroatoms. The Morgan fingerprint density at radius 2 is 1.90 bits per heavy atom. The SMILES string of the molecule is COc1ccc(CN(C)c2ccc([C@@H](C)N)cn2)cc1. The minimum absolute atomic E-state index is 0.0171. The van der Waals surface area contributed by atoms with E-state index in [2.05, 4.69) is 22.0 Å². The number of anilines is 1. The first-order valence-corrected chi connectivity index (χ1v) is 6.65. The Morgan fingerprint density at radius 1 is 1.20 bits per heavy atom. The number of pyridine rings is 1. The number of nitrogens with two attached hydrogens (primary N) is 1. The standard InChI is InChI=1S/C16H21N3O/c1-12(17)14-6-9-16(18-10-14)19(2)11-13-4-7-15(20-3)8-5-13/h4-10,12H,11,17H2,1-3H3/t12-/m1/s1. The van der Waals surface area contributed by atoms with Crippen molar-refractivity contribution in [2.75, 3.05) is 19.1 Å². The third kappa shape index (κ3) is 3.48. The summed E-state index contributed by atoms with van der Waals surface area (Å²) in [6.07, 6.45) is 1.84. The van der Waals surface area contributed by atoms with Crippen LogP contribution < -0.4 is 15.4 Å². The Balaban J connectivity index is 2.04. The van der Waals surface area contributed by atoms with Crippen LogP contribution in [-0.4, -0.2) is 19.1 Å². The maximum absolute atomic E-state index is 5.83. The Hall–Kier alpha value is -2.07. The molecule has 0 saturated heterocycles. The average Bonchev–Trinajstić information content (AvgIpc) is 2.48. The highest BCUT2D eigenvalue weighted by Gasteiger charge is 2.05. The van der Waals surface area contributed by atoms with Gasteiger partial charge in [-0.15, -0.1) is 0 Å². The molecule has 0 aliphatic rings. The lowest BCUT2D eigenvalue weighted by Crippen LogP contribution is -2.18. The van der Waals surface area contributed by atoms with Gasteiger partial charge < -0.3 is 15.4 Å². The summed E-state index contributed by atoms with van der Waals surface area (Å²) in [6.45, 7) is 2.76. The van der Waals surface area contributed by atoms with Crippen molar-refractivity contribution >= 4 is 5.82 Å². The van der Waals surface area contributed by atoms with E-state index in [1.54, 1.807) is 7.11 Å². The fourth-order valence-corrected chi connectivity index (χ4v) is 1.98. The van der Waals surface area contributed by atoms with E-state index in [0.717, 1.165) is 23.7 Å². The molecule has 0 spiro atoms. The predicted octanol–water partition coefficient (Wildman–Crippen LogP) is 2.75. The van der Waals surface area contributed by atoms with Gasteiger partial charge in [0.2, 0.25) is 0 Å². The summed E-state index contributed by atoms with van der Waals surface area (Å²) in [6, 6.07) is 12.1. The van der Waals surface area contributed by atoms with Gasteiger partial charge in [-0.3, -0.25) is 0 Å². The zero-order valence-electron chi connectivity index (χ0n) is 12.2. The number of nitrogens with zero attached hydrogens (tertiary/aromatic N) is 2. The van der Waals surface area contributed by atoms with Gasteiger partial charge in [0.1, 0.15) is 11.6 Å². The summed E-state index contributed by atoms with van der Waals surface area (Å²) < 4.78 is 5.16. The van der Waals surface area contributed by atoms with Gasteiger partial charge in [-0.25, -0.2) is 4.98 Å². The fraction of sp³-hybridized carbons (Fsp3) is 0.312. The van der Waals surface area contributed by atoms with Crippen LogP contribution >= 0.6 is 0 Å². The molecule has 2 N–H and O–H groups in total. The number of methoxy groups -OCH3 is 1. The Morgan fingerprint density at radius 3 is 2.40 bits per heavy atom. The maximum atomic E-state index is 5.83. The molecule has 20 heavy (non-hydrogen) atoms. The minimum Gasteiger partial charge on any atom is -0.497 e. The fourth-order valence-electron chi connectivity index (χ4n) is 1.98. The molecular weight excluding hydrogens is 250 g/mol. The molecule has 2 aromatic rings. The first-order chi connectivity index (χ1) is 9.60. The van der Waals surface area contributed by atoms with E-state index < -0.39 is 0 Å². The lowest BCUT2D eigenvalue weighted by molar-refractivity contribution is 0.414. The second-order valence-corrected chi connectivity index (χ2v) is 4.94. The van der Waals surface area contributed by atoms with Gasteiger partial charge in [0.15, 0.2) is 0 Å². The Kier molecular flexibility index (Phi) is 4.58. The zero-order chi connectivity index (χ0) is 14.5. The van der Waals surface area contributed by atoms with E-state index in [9.17, 15) is 0 Å². The van der Waals surface area contributed by atoms with Crippen molar-refractivity contribution < 1.29 is 4.74 Å². The predicted molar refractivity (Wildman–Crippen MR) is 81.9 cm³/mol. The number of ether oxygens (including phenoxy) is 1. The zero-order valence-corrected chi connectivity index (χ0v) is 12.2. The smallest absolute Gasteiger partial charge is 0.128 e. The molecule has 0 saturated carbocycles. The lowest BCUT2D eigenvalue weighted by atomic mass is 10.1. The summed E-state index contributed by atoms with van der Waals surface area (Å²) in [5.74, 6) is 1.81. The number of benzene rings is 1. The van der Waals surface area contributed by atoms with Gasteiger partial charge >= 0.3 is 0 Å². The molecule has 1 atom stereocenters. The topological polar surface area (TPSA) is 51.4 Å². The Bertz CT molecular complexity index is 535. The summed E-state index contributed by atoms with van der Waals surface area (Å²) in [5, 5.41) is 0. The van der Waals surface area contributed by atoms with Gasteiger partial charge in [-0.2, -0.15) is 0 Å². The largest absolute Gasteiger partial charge is 0.497 e. The molecule has 106 valence electrons. The molecule has 0 amide bonds. The molecule has 0 unspecified atom stereocenters. The van der Waals surface area contributed by atoms with E-state index in [-0.39, 0.29) is 6.04 Å². The molecule has 0 aliphatic heterocycles. The quantitative estimate of drug-likeness (QED) is 0.908. The highest BCUT2D eigenvalue weighted by molar-refractivity contribution is 5.40. The van der Waals surface area contributed by atoms with Crippen molar-refractivity contribution in [2.24, 2.45) is 5.73 Å². The van der Waals surface area contributed by atoms with Crippen LogP contribution in [0.15, 0.2) is 42.6 Å². The monoisotopic (exact) mass is 271 g/mol. The first kappa shape index (κ1) is 14.3. The van der Waals surface area contributed by atoms with Crippen LogP contribution in [0.5, 0.6) is 5.75 Å². The van der Waals surface area contributed by atoms with Crippen LogP contribution in [0.2, 0.25) is 0 Å². The second kappa shape index (κ2) is 6.39. The lowest BCUT2D eigenvalue weighted by Gasteiger charge is -2.19. The number of aromatic nitrogens is 1. The molecule has 4 nitrogen and oxygen atoms in total. The van der Waals surface area contributed by atoms with E-state index in [1.807, 2.05) is 44.4 Å². The van der Waals surface area contributed by atoms with Crippen molar-refractivity contribution in [2.45, 2.75) is 19.5 Å². The van der Waals surface area contributed by atoms with Crippen molar-refractivity contribution in [3.8, 4) is 5.75 Å². The van der Waals surface area contributed by atoms with Crippen molar-refractivity contribution in [1.82, 2.24) is 4.98 Å². The van der Waals surface area contributed by atoms with Crippen LogP contribution in [0, 0.1) is 0 Å². The van der Waals surface area contributed by atoms with E-state index in [4.69, 9.17) is 10.5 Å². The highest BCUT2D eigenvalue weighted by atomic mass is 16.5. The van der Waals surface area contributed by atoms with Gasteiger partial charge in [0, 0.05) is 25.8 Å². The van der Waals surface area contributed by atoms with E-state index >= 15 is 0 Å². The van der Waals surface area contributed by atoms with Gasteiger partial charge in [0.05, 0.1) is 7.11 Å². The van der Waals surface area contributed by atoms with Gasteiger partial charge in [-0.05, 0) is 36.2 Å². The molecule has 0 fully saturated rings. The van der Waals surface area contributed by atoms with Crippen molar-refractivity contribution in [3.05, 3.63) is 53.7 Å². The third-order valence-corrected chi connectivity index (χ3v) is 3.27. The molecule has 1 aromatic carbocycles. The summed E-state index contributed by atoms with van der Waals surface area (Å²) in [7, 11) is 3.70. The van der Waals surface area contributed by atoms with E-state index in [0.29, 0.717) is 0 Å². The summed E-state index contributed by atoms with van der Waals surface area (Å²) >= 11 is 0.